The minimum atomic E-state index is -4.78. The Morgan fingerprint density at radius 2 is 1.67 bits per heavy atom. The molecule has 2 aliphatic heterocycles. The number of carbonyl (C=O) groups is 1. The van der Waals surface area contributed by atoms with Crippen LogP contribution in [0.4, 0.5) is 17.6 Å². The third-order valence-electron chi connectivity index (χ3n) is 6.05. The molecule has 2 aromatic rings. The summed E-state index contributed by atoms with van der Waals surface area (Å²) in [6.45, 7) is 1.87. The number of benzene rings is 2. The maximum Gasteiger partial charge on any atom is 0.419 e. The topological polar surface area (TPSA) is 29.5 Å². The average molecular weight is 421 g/mol. The molecule has 3 nitrogen and oxygen atoms in total. The zero-order valence-electron chi connectivity index (χ0n) is 16.4. The van der Waals surface area contributed by atoms with Gasteiger partial charge in [0, 0.05) is 31.0 Å². The number of morpholine rings is 1. The van der Waals surface area contributed by atoms with Gasteiger partial charge in [0.05, 0.1) is 18.8 Å². The quantitative estimate of drug-likeness (QED) is 0.659. The number of alkyl halides is 3. The number of halogens is 4. The van der Waals surface area contributed by atoms with Crippen molar-refractivity contribution in [2.24, 2.45) is 5.92 Å². The van der Waals surface area contributed by atoms with Crippen LogP contribution in [0, 0.1) is 11.7 Å². The molecule has 2 unspecified atom stereocenters. The van der Waals surface area contributed by atoms with Gasteiger partial charge in [-0.05, 0) is 36.1 Å². The Morgan fingerprint density at radius 3 is 2.30 bits per heavy atom. The van der Waals surface area contributed by atoms with E-state index in [1.165, 1.54) is 11.6 Å². The number of piperidine rings is 1. The predicted molar refractivity (Wildman–Crippen MR) is 103 cm³/mol. The van der Waals surface area contributed by atoms with Gasteiger partial charge in [-0.25, -0.2) is 4.39 Å². The van der Waals surface area contributed by atoms with Crippen LogP contribution in [0.3, 0.4) is 0 Å². The van der Waals surface area contributed by atoms with Gasteiger partial charge in [-0.1, -0.05) is 36.4 Å². The summed E-state index contributed by atoms with van der Waals surface area (Å²) in [5, 5.41) is 0. The molecule has 0 N–H and O–H groups in total. The molecule has 2 aliphatic rings. The molecule has 0 amide bonds. The predicted octanol–water partition coefficient (Wildman–Crippen LogP) is 4.64. The van der Waals surface area contributed by atoms with E-state index in [0.717, 1.165) is 18.7 Å². The van der Waals surface area contributed by atoms with Gasteiger partial charge >= 0.3 is 6.18 Å². The molecule has 0 aliphatic carbocycles. The standard InChI is InChI=1S/C23H23F4NO2/c24-21-7-6-16(8-20(21)23(25,26)27)9-22(29)17-10-18-13-30-14-19(11-17)28(18)12-15-4-2-1-3-5-15/h1-8,17-19H,9-14H2. The van der Waals surface area contributed by atoms with E-state index in [1.807, 2.05) is 18.2 Å². The van der Waals surface area contributed by atoms with Crippen molar-refractivity contribution in [2.45, 2.75) is 44.1 Å². The minimum absolute atomic E-state index is 0.0917. The molecule has 0 spiro atoms. The lowest BCUT2D eigenvalue weighted by molar-refractivity contribution is -0.140. The molecule has 2 bridgehead atoms. The van der Waals surface area contributed by atoms with Gasteiger partial charge in [-0.2, -0.15) is 13.2 Å². The summed E-state index contributed by atoms with van der Waals surface area (Å²) in [6, 6.07) is 13.1. The second-order valence-electron chi connectivity index (χ2n) is 8.13. The highest BCUT2D eigenvalue weighted by Gasteiger charge is 2.41. The highest BCUT2D eigenvalue weighted by atomic mass is 19.4. The second-order valence-corrected chi connectivity index (χ2v) is 8.13. The first-order valence-electron chi connectivity index (χ1n) is 10.1. The van der Waals surface area contributed by atoms with Crippen LogP contribution in [0.5, 0.6) is 0 Å². The van der Waals surface area contributed by atoms with Crippen LogP contribution >= 0.6 is 0 Å². The SMILES string of the molecule is O=C(Cc1ccc(F)c(C(F)(F)F)c1)C1CC2COCC(C1)N2Cc1ccccc1. The Hall–Kier alpha value is -2.25. The van der Waals surface area contributed by atoms with Gasteiger partial charge in [-0.3, -0.25) is 9.69 Å². The van der Waals surface area contributed by atoms with E-state index in [2.05, 4.69) is 17.0 Å². The van der Waals surface area contributed by atoms with Crippen LogP contribution in [0.15, 0.2) is 48.5 Å². The number of hydrogen-bond donors (Lipinski definition) is 0. The van der Waals surface area contributed by atoms with Crippen LogP contribution in [0.25, 0.3) is 0 Å². The molecule has 0 saturated carbocycles. The van der Waals surface area contributed by atoms with Gasteiger partial charge in [0.15, 0.2) is 0 Å². The largest absolute Gasteiger partial charge is 0.419 e. The van der Waals surface area contributed by atoms with Crippen molar-refractivity contribution in [2.75, 3.05) is 13.2 Å². The summed E-state index contributed by atoms with van der Waals surface area (Å²) in [5.41, 5.74) is 0.0720. The summed E-state index contributed by atoms with van der Waals surface area (Å²) in [7, 11) is 0. The van der Waals surface area contributed by atoms with Gasteiger partial charge in [0.1, 0.15) is 11.6 Å². The van der Waals surface area contributed by atoms with Crippen molar-refractivity contribution in [3.05, 3.63) is 71.0 Å². The van der Waals surface area contributed by atoms with Crippen LogP contribution in [-0.2, 0) is 28.7 Å². The molecule has 2 atom stereocenters. The summed E-state index contributed by atoms with van der Waals surface area (Å²) in [4.78, 5) is 15.3. The van der Waals surface area contributed by atoms with Gasteiger partial charge in [0.2, 0.25) is 0 Å². The first kappa shape index (κ1) is 21.0. The first-order chi connectivity index (χ1) is 14.3. The third kappa shape index (κ3) is 4.57. The summed E-state index contributed by atoms with van der Waals surface area (Å²) >= 11 is 0. The average Bonchev–Trinajstić information content (AvgIpc) is 2.69. The van der Waals surface area contributed by atoms with Gasteiger partial charge in [0.25, 0.3) is 0 Å². The summed E-state index contributed by atoms with van der Waals surface area (Å²) < 4.78 is 58.1. The molecule has 2 fully saturated rings. The smallest absolute Gasteiger partial charge is 0.378 e. The van der Waals surface area contributed by atoms with Crippen molar-refractivity contribution in [3.63, 3.8) is 0 Å². The molecule has 30 heavy (non-hydrogen) atoms. The lowest BCUT2D eigenvalue weighted by Crippen LogP contribution is -2.57. The summed E-state index contributed by atoms with van der Waals surface area (Å²) in [5.74, 6) is -1.64. The molecular formula is C23H23F4NO2. The number of hydrogen-bond acceptors (Lipinski definition) is 3. The van der Waals surface area contributed by atoms with E-state index in [4.69, 9.17) is 4.74 Å². The zero-order valence-corrected chi connectivity index (χ0v) is 16.4. The van der Waals surface area contributed by atoms with E-state index in [-0.39, 0.29) is 35.8 Å². The van der Waals surface area contributed by atoms with Crippen LogP contribution in [0.1, 0.15) is 29.5 Å². The number of nitrogens with zero attached hydrogens (tertiary/aromatic N) is 1. The number of ketones is 1. The van der Waals surface area contributed by atoms with Crippen molar-refractivity contribution in [1.82, 2.24) is 4.90 Å². The molecule has 7 heteroatoms. The Bertz CT molecular complexity index is 886. The van der Waals surface area contributed by atoms with Crippen LogP contribution in [-0.4, -0.2) is 36.0 Å². The minimum Gasteiger partial charge on any atom is -0.378 e. The second kappa shape index (κ2) is 8.47. The molecular weight excluding hydrogens is 398 g/mol. The number of rotatable bonds is 5. The maximum atomic E-state index is 13.5. The highest BCUT2D eigenvalue weighted by molar-refractivity contribution is 5.83. The number of fused-ring (bicyclic) bond motifs is 2. The lowest BCUT2D eigenvalue weighted by atomic mass is 9.80. The Morgan fingerprint density at radius 1 is 1.00 bits per heavy atom. The molecule has 160 valence electrons. The molecule has 4 rings (SSSR count). The Kier molecular flexibility index (Phi) is 5.93. The number of carbonyl (C=O) groups excluding carboxylic acids is 1. The highest BCUT2D eigenvalue weighted by Crippen LogP contribution is 2.35. The van der Waals surface area contributed by atoms with E-state index in [9.17, 15) is 22.4 Å². The van der Waals surface area contributed by atoms with E-state index >= 15 is 0 Å². The van der Waals surface area contributed by atoms with Crippen molar-refractivity contribution in [3.8, 4) is 0 Å². The molecule has 0 aromatic heterocycles. The van der Waals surface area contributed by atoms with E-state index < -0.39 is 17.6 Å². The molecule has 2 saturated heterocycles. The number of ether oxygens (including phenoxy) is 1. The van der Waals surface area contributed by atoms with Crippen molar-refractivity contribution < 1.29 is 27.1 Å². The first-order valence-corrected chi connectivity index (χ1v) is 10.1. The van der Waals surface area contributed by atoms with Gasteiger partial charge < -0.3 is 4.74 Å². The normalized spacial score (nSPS) is 24.6. The monoisotopic (exact) mass is 421 g/mol. The maximum absolute atomic E-state index is 13.5. The van der Waals surface area contributed by atoms with Crippen LogP contribution < -0.4 is 0 Å². The third-order valence-corrected chi connectivity index (χ3v) is 6.05. The molecule has 0 radical (unpaired) electrons. The van der Waals surface area contributed by atoms with Gasteiger partial charge in [-0.15, -0.1) is 0 Å². The molecule has 2 heterocycles. The van der Waals surface area contributed by atoms with E-state index in [1.54, 1.807) is 0 Å². The van der Waals surface area contributed by atoms with E-state index in [0.29, 0.717) is 26.1 Å². The van der Waals surface area contributed by atoms with Crippen LogP contribution in [0.2, 0.25) is 0 Å². The molecule has 2 aromatic carbocycles. The zero-order chi connectivity index (χ0) is 21.3. The Labute approximate surface area is 172 Å². The van der Waals surface area contributed by atoms with Crippen molar-refractivity contribution >= 4 is 5.78 Å². The lowest BCUT2D eigenvalue weighted by Gasteiger charge is -2.48. The Balaban J connectivity index is 1.44. The summed E-state index contributed by atoms with van der Waals surface area (Å²) in [6.07, 6.45) is -3.65. The fourth-order valence-corrected chi connectivity index (χ4v) is 4.55. The number of Topliss-reactive ketones (excluding diaryl/α,β-unsaturated/α-hetero) is 1. The van der Waals surface area contributed by atoms with Crippen molar-refractivity contribution in [1.29, 1.82) is 0 Å². The fourth-order valence-electron chi connectivity index (χ4n) is 4.55. The fraction of sp³-hybridized carbons (Fsp3) is 0.435.